The number of hydrogen-bond acceptors (Lipinski definition) is 3. The Morgan fingerprint density at radius 2 is 2.20 bits per heavy atom. The second kappa shape index (κ2) is 5.08. The number of ketones is 1. The first-order chi connectivity index (χ1) is 6.95. The molecular weight excluding hydrogens is 190 g/mol. The molecule has 1 rings (SSSR count). The Balaban J connectivity index is 2.38. The van der Waals surface area contributed by atoms with Crippen molar-refractivity contribution in [3.63, 3.8) is 0 Å². The van der Waals surface area contributed by atoms with Gasteiger partial charge >= 0.3 is 0 Å². The fourth-order valence-electron chi connectivity index (χ4n) is 2.15. The molecule has 1 unspecified atom stereocenters. The Labute approximate surface area is 92.5 Å². The summed E-state index contributed by atoms with van der Waals surface area (Å²) in [5, 5.41) is 8.86. The Morgan fingerprint density at radius 3 is 2.73 bits per heavy atom. The second-order valence-corrected chi connectivity index (χ2v) is 5.34. The van der Waals surface area contributed by atoms with Gasteiger partial charge in [0.25, 0.3) is 0 Å². The number of aliphatic hydroxyl groups excluding tert-OH is 1. The van der Waals surface area contributed by atoms with E-state index in [0.29, 0.717) is 5.92 Å². The molecule has 0 bridgehead atoms. The minimum atomic E-state index is -0.228. The Kier molecular flexibility index (Phi) is 4.29. The van der Waals surface area contributed by atoms with Crippen LogP contribution in [0.5, 0.6) is 0 Å². The third kappa shape index (κ3) is 3.58. The van der Waals surface area contributed by atoms with Gasteiger partial charge in [-0.05, 0) is 32.2 Å². The predicted octanol–water partition coefficient (Wildman–Crippen LogP) is 1.31. The van der Waals surface area contributed by atoms with Gasteiger partial charge in [-0.3, -0.25) is 4.79 Å². The van der Waals surface area contributed by atoms with E-state index in [4.69, 9.17) is 5.11 Å². The molecule has 0 amide bonds. The smallest absolute Gasteiger partial charge is 0.136 e. The Morgan fingerprint density at radius 1 is 1.53 bits per heavy atom. The lowest BCUT2D eigenvalue weighted by Gasteiger charge is -2.27. The van der Waals surface area contributed by atoms with Crippen LogP contribution >= 0.6 is 0 Å². The number of carbonyl (C=O) groups is 1. The summed E-state index contributed by atoms with van der Waals surface area (Å²) in [5.41, 5.74) is -0.228. The average molecular weight is 213 g/mol. The van der Waals surface area contributed by atoms with Gasteiger partial charge in [0.2, 0.25) is 0 Å². The number of nitrogens with zero attached hydrogens (tertiary/aromatic N) is 1. The second-order valence-electron chi connectivity index (χ2n) is 5.34. The first-order valence-corrected chi connectivity index (χ1v) is 5.80. The lowest BCUT2D eigenvalue weighted by Crippen LogP contribution is -2.37. The number of likely N-dealkylation sites (tertiary alicyclic amines) is 1. The molecule has 0 saturated carbocycles. The van der Waals surface area contributed by atoms with Crippen LogP contribution in [0.25, 0.3) is 0 Å². The molecule has 1 fully saturated rings. The molecule has 88 valence electrons. The first-order valence-electron chi connectivity index (χ1n) is 5.80. The van der Waals surface area contributed by atoms with Crippen molar-refractivity contribution in [2.45, 2.75) is 33.6 Å². The SMILES string of the molecule is CC(=O)C(C)(C)CN1CCC(CCO)C1. The van der Waals surface area contributed by atoms with Gasteiger partial charge in [-0.25, -0.2) is 0 Å². The molecule has 3 nitrogen and oxygen atoms in total. The van der Waals surface area contributed by atoms with Crippen molar-refractivity contribution in [1.29, 1.82) is 0 Å². The van der Waals surface area contributed by atoms with E-state index < -0.39 is 0 Å². The van der Waals surface area contributed by atoms with E-state index in [-0.39, 0.29) is 17.8 Å². The normalized spacial score (nSPS) is 23.3. The molecule has 1 N–H and O–H groups in total. The van der Waals surface area contributed by atoms with Gasteiger partial charge < -0.3 is 10.0 Å². The average Bonchev–Trinajstić information content (AvgIpc) is 2.52. The summed E-state index contributed by atoms with van der Waals surface area (Å²) < 4.78 is 0. The molecule has 1 aliphatic heterocycles. The maximum absolute atomic E-state index is 11.4. The van der Waals surface area contributed by atoms with Crippen LogP contribution < -0.4 is 0 Å². The number of Topliss-reactive ketones (excluding diaryl/α,β-unsaturated/α-hetero) is 1. The molecule has 0 aromatic heterocycles. The lowest BCUT2D eigenvalue weighted by molar-refractivity contribution is -0.125. The van der Waals surface area contributed by atoms with Crippen LogP contribution in [0.1, 0.15) is 33.6 Å². The number of aliphatic hydroxyl groups is 1. The zero-order valence-corrected chi connectivity index (χ0v) is 10.1. The van der Waals surface area contributed by atoms with Crippen molar-refractivity contribution < 1.29 is 9.90 Å². The number of hydrogen-bond donors (Lipinski definition) is 1. The van der Waals surface area contributed by atoms with Gasteiger partial charge in [-0.15, -0.1) is 0 Å². The third-order valence-electron chi connectivity index (χ3n) is 3.48. The standard InChI is InChI=1S/C12H23NO2/c1-10(15)12(2,3)9-13-6-4-11(8-13)5-7-14/h11,14H,4-9H2,1-3H3. The highest BCUT2D eigenvalue weighted by Crippen LogP contribution is 2.24. The summed E-state index contributed by atoms with van der Waals surface area (Å²) >= 11 is 0. The van der Waals surface area contributed by atoms with E-state index >= 15 is 0 Å². The van der Waals surface area contributed by atoms with Crippen molar-refractivity contribution in [1.82, 2.24) is 4.90 Å². The molecule has 1 atom stereocenters. The summed E-state index contributed by atoms with van der Waals surface area (Å²) in [5.74, 6) is 0.880. The largest absolute Gasteiger partial charge is 0.396 e. The minimum absolute atomic E-state index is 0.228. The molecule has 0 aromatic carbocycles. The van der Waals surface area contributed by atoms with E-state index in [9.17, 15) is 4.79 Å². The molecule has 15 heavy (non-hydrogen) atoms. The van der Waals surface area contributed by atoms with Gasteiger partial charge in [0.05, 0.1) is 0 Å². The molecule has 0 aliphatic carbocycles. The quantitative estimate of drug-likeness (QED) is 0.748. The van der Waals surface area contributed by atoms with Gasteiger partial charge in [0.15, 0.2) is 0 Å². The highest BCUT2D eigenvalue weighted by molar-refractivity contribution is 5.81. The van der Waals surface area contributed by atoms with E-state index in [1.165, 1.54) is 0 Å². The van der Waals surface area contributed by atoms with Crippen molar-refractivity contribution in [2.24, 2.45) is 11.3 Å². The lowest BCUT2D eigenvalue weighted by atomic mass is 9.88. The van der Waals surface area contributed by atoms with Crippen LogP contribution in [0.3, 0.4) is 0 Å². The third-order valence-corrected chi connectivity index (χ3v) is 3.48. The van der Waals surface area contributed by atoms with Crippen LogP contribution in [0.4, 0.5) is 0 Å². The van der Waals surface area contributed by atoms with E-state index in [1.807, 2.05) is 13.8 Å². The van der Waals surface area contributed by atoms with E-state index in [1.54, 1.807) is 6.92 Å². The Bertz CT molecular complexity index is 226. The van der Waals surface area contributed by atoms with Gasteiger partial charge in [0.1, 0.15) is 5.78 Å². The highest BCUT2D eigenvalue weighted by Gasteiger charge is 2.30. The Hall–Kier alpha value is -0.410. The van der Waals surface area contributed by atoms with Crippen LogP contribution in [0.2, 0.25) is 0 Å². The van der Waals surface area contributed by atoms with Gasteiger partial charge in [0, 0.05) is 25.1 Å². The van der Waals surface area contributed by atoms with Crippen molar-refractivity contribution >= 4 is 5.78 Å². The maximum atomic E-state index is 11.4. The molecule has 0 aromatic rings. The van der Waals surface area contributed by atoms with Crippen LogP contribution in [-0.4, -0.2) is 42.0 Å². The monoisotopic (exact) mass is 213 g/mol. The molecule has 0 spiro atoms. The van der Waals surface area contributed by atoms with Crippen molar-refractivity contribution in [3.8, 4) is 0 Å². The van der Waals surface area contributed by atoms with Gasteiger partial charge in [-0.2, -0.15) is 0 Å². The summed E-state index contributed by atoms with van der Waals surface area (Å²) in [6.45, 7) is 8.93. The zero-order valence-electron chi connectivity index (χ0n) is 10.1. The number of rotatable bonds is 5. The first kappa shape index (κ1) is 12.7. The molecule has 0 radical (unpaired) electrons. The molecular formula is C12H23NO2. The summed E-state index contributed by atoms with van der Waals surface area (Å²) in [6.07, 6.45) is 2.06. The maximum Gasteiger partial charge on any atom is 0.136 e. The van der Waals surface area contributed by atoms with E-state index in [0.717, 1.165) is 32.5 Å². The minimum Gasteiger partial charge on any atom is -0.396 e. The van der Waals surface area contributed by atoms with Gasteiger partial charge in [-0.1, -0.05) is 13.8 Å². The molecule has 1 heterocycles. The molecule has 1 aliphatic rings. The van der Waals surface area contributed by atoms with Crippen molar-refractivity contribution in [2.75, 3.05) is 26.2 Å². The van der Waals surface area contributed by atoms with Crippen LogP contribution in [0, 0.1) is 11.3 Å². The summed E-state index contributed by atoms with van der Waals surface area (Å²) in [7, 11) is 0. The fourth-order valence-corrected chi connectivity index (χ4v) is 2.15. The fraction of sp³-hybridized carbons (Fsp3) is 0.917. The number of carbonyl (C=O) groups excluding carboxylic acids is 1. The summed E-state index contributed by atoms with van der Waals surface area (Å²) in [6, 6.07) is 0. The van der Waals surface area contributed by atoms with E-state index in [2.05, 4.69) is 4.90 Å². The molecule has 1 saturated heterocycles. The predicted molar refractivity (Wildman–Crippen MR) is 60.7 cm³/mol. The highest BCUT2D eigenvalue weighted by atomic mass is 16.3. The summed E-state index contributed by atoms with van der Waals surface area (Å²) in [4.78, 5) is 13.7. The zero-order chi connectivity index (χ0) is 11.5. The van der Waals surface area contributed by atoms with Crippen LogP contribution in [0.15, 0.2) is 0 Å². The topological polar surface area (TPSA) is 40.5 Å². The van der Waals surface area contributed by atoms with Crippen molar-refractivity contribution in [3.05, 3.63) is 0 Å². The molecule has 3 heteroatoms. The van der Waals surface area contributed by atoms with Crippen LogP contribution in [-0.2, 0) is 4.79 Å².